The number of ether oxygens (including phenoxy) is 1. The maximum Gasteiger partial charge on any atom is 0.400 e. The number of hydrogen-bond acceptors (Lipinski definition) is 4. The smallest absolute Gasteiger partial charge is 0.400 e. The fourth-order valence-electron chi connectivity index (χ4n) is 2.18. The van der Waals surface area contributed by atoms with E-state index in [0.717, 1.165) is 0 Å². The van der Waals surface area contributed by atoms with Gasteiger partial charge in [0.2, 0.25) is 0 Å². The third-order valence-electron chi connectivity index (χ3n) is 3.44. The summed E-state index contributed by atoms with van der Waals surface area (Å²) in [6.07, 6.45) is -5.83. The molecule has 3 N–H and O–H groups in total. The van der Waals surface area contributed by atoms with Gasteiger partial charge in [0.1, 0.15) is 10.6 Å². The Balaban J connectivity index is 2.46. The van der Waals surface area contributed by atoms with Crippen molar-refractivity contribution in [3.63, 3.8) is 0 Å². The molecule has 1 aromatic carbocycles. The van der Waals surface area contributed by atoms with Gasteiger partial charge in [-0.2, -0.15) is 22.0 Å². The molecule has 0 radical (unpaired) electrons. The molecular formula is C14H13BrF5O5PS. The van der Waals surface area contributed by atoms with Crippen LogP contribution in [0.15, 0.2) is 16.6 Å². The molecule has 0 spiro atoms. The number of thiophene rings is 1. The lowest BCUT2D eigenvalue weighted by atomic mass is 10.1. The summed E-state index contributed by atoms with van der Waals surface area (Å²) < 4.78 is 81.0. The zero-order valence-corrected chi connectivity index (χ0v) is 16.6. The summed E-state index contributed by atoms with van der Waals surface area (Å²) in [5, 5.41) is 9.40. The highest BCUT2D eigenvalue weighted by Crippen LogP contribution is 2.63. The van der Waals surface area contributed by atoms with E-state index in [2.05, 4.69) is 15.9 Å². The van der Waals surface area contributed by atoms with Gasteiger partial charge in [-0.05, 0) is 40.0 Å². The molecule has 0 aliphatic carbocycles. The summed E-state index contributed by atoms with van der Waals surface area (Å²) in [7, 11) is -5.82. The largest absolute Gasteiger partial charge is 0.492 e. The van der Waals surface area contributed by atoms with E-state index in [9.17, 15) is 31.6 Å². The molecule has 0 saturated heterocycles. The van der Waals surface area contributed by atoms with Crippen LogP contribution < -0.4 is 4.74 Å². The molecule has 1 heterocycles. The highest BCUT2D eigenvalue weighted by molar-refractivity contribution is 9.10. The molecule has 0 unspecified atom stereocenters. The van der Waals surface area contributed by atoms with Gasteiger partial charge in [0.25, 0.3) is 0 Å². The van der Waals surface area contributed by atoms with Crippen LogP contribution in [-0.2, 0) is 16.8 Å². The molecule has 0 fully saturated rings. The average Bonchev–Trinajstić information content (AvgIpc) is 2.87. The number of hydrogen-bond donors (Lipinski definition) is 3. The molecule has 27 heavy (non-hydrogen) atoms. The Bertz CT molecular complexity index is 879. The lowest BCUT2D eigenvalue weighted by Gasteiger charge is -2.16. The van der Waals surface area contributed by atoms with Gasteiger partial charge in [-0.25, -0.2) is 0 Å². The van der Waals surface area contributed by atoms with E-state index in [0.29, 0.717) is 11.3 Å². The molecule has 0 aliphatic heterocycles. The average molecular weight is 499 g/mol. The van der Waals surface area contributed by atoms with E-state index in [1.165, 1.54) is 12.1 Å². The van der Waals surface area contributed by atoms with Crippen LogP contribution in [0.25, 0.3) is 10.1 Å². The quantitative estimate of drug-likeness (QED) is 0.280. The van der Waals surface area contributed by atoms with E-state index in [1.54, 1.807) is 0 Å². The molecule has 0 saturated carbocycles. The van der Waals surface area contributed by atoms with Crippen molar-refractivity contribution in [2.75, 3.05) is 6.61 Å². The predicted octanol–water partition coefficient (Wildman–Crippen LogP) is 5.10. The molecule has 2 rings (SSSR count). The first-order valence-corrected chi connectivity index (χ1v) is 10.5. The van der Waals surface area contributed by atoms with Gasteiger partial charge in [0.15, 0.2) is 0 Å². The van der Waals surface area contributed by atoms with Crippen molar-refractivity contribution in [3.8, 4) is 5.75 Å². The third kappa shape index (κ3) is 4.99. The Morgan fingerprint density at radius 3 is 2.33 bits per heavy atom. The first-order chi connectivity index (χ1) is 12.3. The SMILES string of the molecule is O=P(O)(O)C(F)(F)c1sc2c(OCCCC(F)(F)F)cc(CO)cc2c1Br. The van der Waals surface area contributed by atoms with Crippen molar-refractivity contribution in [2.45, 2.75) is 31.3 Å². The molecule has 1 aromatic heterocycles. The maximum absolute atomic E-state index is 14.1. The topological polar surface area (TPSA) is 87.0 Å². The second kappa shape index (κ2) is 7.92. The summed E-state index contributed by atoms with van der Waals surface area (Å²) in [5.74, 6) is -0.0582. The predicted molar refractivity (Wildman–Crippen MR) is 92.2 cm³/mol. The van der Waals surface area contributed by atoms with Crippen LogP contribution in [0, 0.1) is 0 Å². The minimum atomic E-state index is -5.82. The molecular weight excluding hydrogens is 486 g/mol. The number of rotatable bonds is 7. The van der Waals surface area contributed by atoms with Gasteiger partial charge in [0.05, 0.1) is 17.9 Å². The lowest BCUT2D eigenvalue weighted by Crippen LogP contribution is -2.12. The van der Waals surface area contributed by atoms with Gasteiger partial charge >= 0.3 is 19.4 Å². The van der Waals surface area contributed by atoms with E-state index in [4.69, 9.17) is 14.5 Å². The van der Waals surface area contributed by atoms with E-state index in [1.807, 2.05) is 0 Å². The minimum Gasteiger partial charge on any atom is -0.492 e. The number of halogens is 6. The first kappa shape index (κ1) is 22.5. The molecule has 152 valence electrons. The molecule has 0 amide bonds. The fourth-order valence-corrected chi connectivity index (χ4v) is 5.15. The van der Waals surface area contributed by atoms with Crippen molar-refractivity contribution in [1.82, 2.24) is 0 Å². The van der Waals surface area contributed by atoms with Crippen molar-refractivity contribution >= 4 is 44.9 Å². The van der Waals surface area contributed by atoms with E-state index < -0.39 is 37.3 Å². The Kier molecular flexibility index (Phi) is 6.60. The summed E-state index contributed by atoms with van der Waals surface area (Å²) in [6.45, 7) is -0.857. The zero-order valence-electron chi connectivity index (χ0n) is 13.3. The number of benzene rings is 1. The van der Waals surface area contributed by atoms with E-state index in [-0.39, 0.29) is 38.9 Å². The van der Waals surface area contributed by atoms with E-state index >= 15 is 0 Å². The van der Waals surface area contributed by atoms with Gasteiger partial charge in [0, 0.05) is 16.3 Å². The number of fused-ring (bicyclic) bond motifs is 1. The van der Waals surface area contributed by atoms with Gasteiger partial charge < -0.3 is 19.6 Å². The van der Waals surface area contributed by atoms with Crippen LogP contribution in [0.4, 0.5) is 22.0 Å². The Labute approximate surface area is 162 Å². The van der Waals surface area contributed by atoms with Crippen molar-refractivity contribution in [1.29, 1.82) is 0 Å². The van der Waals surface area contributed by atoms with Crippen LogP contribution in [0.3, 0.4) is 0 Å². The zero-order chi connectivity index (χ0) is 20.6. The third-order valence-corrected chi connectivity index (χ3v) is 6.92. The van der Waals surface area contributed by atoms with Gasteiger partial charge in [-0.15, -0.1) is 11.3 Å². The number of alkyl halides is 5. The van der Waals surface area contributed by atoms with Crippen molar-refractivity contribution < 1.29 is 46.1 Å². The maximum atomic E-state index is 14.1. The molecule has 5 nitrogen and oxygen atoms in total. The fraction of sp³-hybridized carbons (Fsp3) is 0.429. The van der Waals surface area contributed by atoms with Crippen LogP contribution in [0.5, 0.6) is 5.75 Å². The van der Waals surface area contributed by atoms with Crippen molar-refractivity contribution in [2.24, 2.45) is 0 Å². The standard InChI is InChI=1S/C14H13BrF5O5PS/c15-10-8-4-7(6-21)5-9(25-3-1-2-13(16,17)18)11(8)27-12(10)14(19,20)26(22,23)24/h4-5,21H,1-3,6H2,(H2,22,23,24). The van der Waals surface area contributed by atoms with Crippen LogP contribution >= 0.6 is 34.9 Å². The number of aliphatic hydroxyl groups excluding tert-OH is 1. The molecule has 0 atom stereocenters. The first-order valence-electron chi connectivity index (χ1n) is 7.27. The highest BCUT2D eigenvalue weighted by atomic mass is 79.9. The summed E-state index contributed by atoms with van der Waals surface area (Å²) >= 11 is 3.24. The van der Waals surface area contributed by atoms with Crippen LogP contribution in [0.1, 0.15) is 23.3 Å². The highest BCUT2D eigenvalue weighted by Gasteiger charge is 2.53. The normalized spacial score (nSPS) is 13.4. The van der Waals surface area contributed by atoms with Crippen LogP contribution in [-0.4, -0.2) is 27.7 Å². The summed E-state index contributed by atoms with van der Waals surface area (Å²) in [6, 6.07) is 2.59. The second-order valence-electron chi connectivity index (χ2n) is 5.53. The number of aliphatic hydroxyl groups is 1. The summed E-state index contributed by atoms with van der Waals surface area (Å²) in [4.78, 5) is 16.9. The lowest BCUT2D eigenvalue weighted by molar-refractivity contribution is -0.136. The van der Waals surface area contributed by atoms with Gasteiger partial charge in [-0.3, -0.25) is 4.57 Å². The second-order valence-corrected chi connectivity index (χ2v) is 8.99. The minimum absolute atomic E-state index is 0.0582. The monoisotopic (exact) mass is 498 g/mol. The molecule has 2 aromatic rings. The molecule has 0 bridgehead atoms. The molecule has 0 aliphatic rings. The van der Waals surface area contributed by atoms with Crippen molar-refractivity contribution in [3.05, 3.63) is 27.0 Å². The molecule has 13 heteroatoms. The Hall–Kier alpha value is -0.780. The Morgan fingerprint density at radius 1 is 1.19 bits per heavy atom. The summed E-state index contributed by atoms with van der Waals surface area (Å²) in [5.41, 5.74) is -4.24. The van der Waals surface area contributed by atoms with Crippen LogP contribution in [0.2, 0.25) is 0 Å². The Morgan fingerprint density at radius 2 is 1.81 bits per heavy atom. The van der Waals surface area contributed by atoms with Gasteiger partial charge in [-0.1, -0.05) is 0 Å².